The third kappa shape index (κ3) is 4.29. The number of rotatable bonds is 6. The first kappa shape index (κ1) is 17.7. The van der Waals surface area contributed by atoms with Crippen molar-refractivity contribution in [3.05, 3.63) is 29.3 Å². The van der Waals surface area contributed by atoms with E-state index in [-0.39, 0.29) is 6.29 Å². The van der Waals surface area contributed by atoms with Crippen molar-refractivity contribution >= 4 is 0 Å². The van der Waals surface area contributed by atoms with Crippen LogP contribution in [0.25, 0.3) is 0 Å². The highest BCUT2D eigenvalue weighted by Gasteiger charge is 2.33. The number of likely N-dealkylation sites (tertiary alicyclic amines) is 1. The van der Waals surface area contributed by atoms with Crippen LogP contribution in [0.1, 0.15) is 50.2 Å². The Kier molecular flexibility index (Phi) is 6.14. The summed E-state index contributed by atoms with van der Waals surface area (Å²) in [5, 5.41) is 0. The fraction of sp³-hybridized carbons (Fsp3) is 0.700. The van der Waals surface area contributed by atoms with Crippen LogP contribution in [0.3, 0.4) is 0 Å². The number of aryl methyl sites for hydroxylation is 1. The number of nitrogens with zero attached hydrogens (tertiary/aromatic N) is 1. The second-order valence-electron chi connectivity index (χ2n) is 7.23. The Morgan fingerprint density at radius 2 is 2.00 bits per heavy atom. The molecule has 2 saturated heterocycles. The zero-order chi connectivity index (χ0) is 16.9. The Morgan fingerprint density at radius 3 is 2.71 bits per heavy atom. The summed E-state index contributed by atoms with van der Waals surface area (Å²) in [5.74, 6) is 1.53. The molecule has 2 aliphatic heterocycles. The zero-order valence-electron chi connectivity index (χ0n) is 15.3. The van der Waals surface area contributed by atoms with Gasteiger partial charge in [0.15, 0.2) is 6.29 Å². The first-order chi connectivity index (χ1) is 11.6. The molecule has 1 unspecified atom stereocenters. The number of piperidine rings is 1. The van der Waals surface area contributed by atoms with Crippen LogP contribution in [0.4, 0.5) is 0 Å². The second kappa shape index (κ2) is 8.32. The van der Waals surface area contributed by atoms with E-state index >= 15 is 0 Å². The second-order valence-corrected chi connectivity index (χ2v) is 7.23. The minimum Gasteiger partial charge on any atom is -0.492 e. The average Bonchev–Trinajstić information content (AvgIpc) is 3.09. The topological polar surface area (TPSA) is 30.9 Å². The van der Waals surface area contributed by atoms with Gasteiger partial charge in [0.25, 0.3) is 0 Å². The molecular weight excluding hydrogens is 302 g/mol. The summed E-state index contributed by atoms with van der Waals surface area (Å²) in [4.78, 5) is 2.48. The molecule has 0 amide bonds. The van der Waals surface area contributed by atoms with Gasteiger partial charge in [0, 0.05) is 6.54 Å². The normalized spacial score (nSPS) is 23.1. The first-order valence-corrected chi connectivity index (χ1v) is 9.36. The van der Waals surface area contributed by atoms with Gasteiger partial charge in [-0.1, -0.05) is 26.3 Å². The molecule has 2 fully saturated rings. The zero-order valence-corrected chi connectivity index (χ0v) is 15.3. The van der Waals surface area contributed by atoms with E-state index in [4.69, 9.17) is 14.2 Å². The quantitative estimate of drug-likeness (QED) is 0.794. The van der Waals surface area contributed by atoms with Gasteiger partial charge in [-0.15, -0.1) is 0 Å². The molecule has 0 radical (unpaired) electrons. The lowest BCUT2D eigenvalue weighted by Gasteiger charge is -2.37. The van der Waals surface area contributed by atoms with Crippen LogP contribution in [0, 0.1) is 6.92 Å². The van der Waals surface area contributed by atoms with Crippen molar-refractivity contribution in [2.75, 3.05) is 32.9 Å². The van der Waals surface area contributed by atoms with Gasteiger partial charge in [0.1, 0.15) is 12.4 Å². The van der Waals surface area contributed by atoms with Crippen LogP contribution >= 0.6 is 0 Å². The lowest BCUT2D eigenvalue weighted by molar-refractivity contribution is -0.110. The fourth-order valence-electron chi connectivity index (χ4n) is 3.87. The molecular formula is C20H31NO3. The lowest BCUT2D eigenvalue weighted by atomic mass is 9.98. The highest BCUT2D eigenvalue weighted by molar-refractivity contribution is 5.36. The Labute approximate surface area is 146 Å². The highest BCUT2D eigenvalue weighted by Crippen LogP contribution is 2.25. The number of benzene rings is 1. The Bertz CT molecular complexity index is 526. The molecule has 2 heterocycles. The minimum atomic E-state index is -0.0436. The van der Waals surface area contributed by atoms with Gasteiger partial charge in [-0.2, -0.15) is 0 Å². The van der Waals surface area contributed by atoms with E-state index < -0.39 is 0 Å². The average molecular weight is 333 g/mol. The van der Waals surface area contributed by atoms with Crippen LogP contribution in [0.2, 0.25) is 0 Å². The first-order valence-electron chi connectivity index (χ1n) is 9.36. The van der Waals surface area contributed by atoms with Gasteiger partial charge >= 0.3 is 0 Å². The molecule has 0 spiro atoms. The molecule has 0 aliphatic carbocycles. The summed E-state index contributed by atoms with van der Waals surface area (Å²) >= 11 is 0. The molecule has 3 rings (SSSR count). The van der Waals surface area contributed by atoms with Gasteiger partial charge in [-0.05, 0) is 55.5 Å². The number of hydrogen-bond acceptors (Lipinski definition) is 4. The maximum atomic E-state index is 6.01. The summed E-state index contributed by atoms with van der Waals surface area (Å²) in [7, 11) is 0. The van der Waals surface area contributed by atoms with Crippen LogP contribution in [0.5, 0.6) is 5.75 Å². The molecule has 0 aromatic heterocycles. The van der Waals surface area contributed by atoms with E-state index in [1.54, 1.807) is 0 Å². The summed E-state index contributed by atoms with van der Waals surface area (Å²) in [6, 6.07) is 6.83. The summed E-state index contributed by atoms with van der Waals surface area (Å²) in [6.45, 7) is 10.8. The summed E-state index contributed by atoms with van der Waals surface area (Å²) in [5.41, 5.74) is 2.71. The van der Waals surface area contributed by atoms with Gasteiger partial charge < -0.3 is 14.2 Å². The van der Waals surface area contributed by atoms with E-state index in [0.29, 0.717) is 18.6 Å². The van der Waals surface area contributed by atoms with Gasteiger partial charge in [0.05, 0.1) is 19.3 Å². The molecule has 1 aromatic carbocycles. The predicted octanol–water partition coefficient (Wildman–Crippen LogP) is 3.72. The maximum Gasteiger partial charge on any atom is 0.173 e. The fourth-order valence-corrected chi connectivity index (χ4v) is 3.87. The molecule has 24 heavy (non-hydrogen) atoms. The van der Waals surface area contributed by atoms with Crippen LogP contribution in [-0.4, -0.2) is 50.1 Å². The van der Waals surface area contributed by atoms with Crippen molar-refractivity contribution in [2.45, 2.75) is 58.3 Å². The Balaban J connectivity index is 1.52. The molecule has 134 valence electrons. The monoisotopic (exact) mass is 333 g/mol. The Hall–Kier alpha value is -1.10. The summed E-state index contributed by atoms with van der Waals surface area (Å²) in [6.07, 6.45) is 3.64. The van der Waals surface area contributed by atoms with Crippen molar-refractivity contribution in [2.24, 2.45) is 0 Å². The van der Waals surface area contributed by atoms with Crippen LogP contribution < -0.4 is 4.74 Å². The number of hydrogen-bond donors (Lipinski definition) is 0. The third-order valence-corrected chi connectivity index (χ3v) is 5.14. The van der Waals surface area contributed by atoms with E-state index in [1.165, 1.54) is 24.0 Å². The molecule has 2 aliphatic rings. The highest BCUT2D eigenvalue weighted by atomic mass is 16.7. The summed E-state index contributed by atoms with van der Waals surface area (Å²) < 4.78 is 17.5. The molecule has 0 N–H and O–H groups in total. The van der Waals surface area contributed by atoms with Crippen molar-refractivity contribution in [1.29, 1.82) is 0 Å². The minimum absolute atomic E-state index is 0.0436. The largest absolute Gasteiger partial charge is 0.492 e. The molecule has 4 nitrogen and oxygen atoms in total. The van der Waals surface area contributed by atoms with E-state index in [9.17, 15) is 0 Å². The lowest BCUT2D eigenvalue weighted by Crippen LogP contribution is -2.48. The van der Waals surface area contributed by atoms with Crippen molar-refractivity contribution in [1.82, 2.24) is 4.90 Å². The van der Waals surface area contributed by atoms with Gasteiger partial charge in [-0.3, -0.25) is 4.90 Å². The third-order valence-electron chi connectivity index (χ3n) is 5.14. The molecule has 0 saturated carbocycles. The van der Waals surface area contributed by atoms with Gasteiger partial charge in [0.2, 0.25) is 0 Å². The van der Waals surface area contributed by atoms with Crippen molar-refractivity contribution < 1.29 is 14.2 Å². The smallest absolute Gasteiger partial charge is 0.173 e. The van der Waals surface area contributed by atoms with E-state index in [1.807, 2.05) is 0 Å². The predicted molar refractivity (Wildman–Crippen MR) is 95.7 cm³/mol. The standard InChI is InChI=1S/C20H31NO3/c1-15(2)18-8-7-17(14-16(18)3)22-11-10-21-9-5-4-6-19(21)20-23-12-13-24-20/h7-8,14-15,19-20H,4-6,9-13H2,1-3H3. The van der Waals surface area contributed by atoms with Crippen LogP contribution in [-0.2, 0) is 9.47 Å². The van der Waals surface area contributed by atoms with Crippen molar-refractivity contribution in [3.8, 4) is 5.75 Å². The Morgan fingerprint density at radius 1 is 1.21 bits per heavy atom. The van der Waals surface area contributed by atoms with Gasteiger partial charge in [-0.25, -0.2) is 0 Å². The van der Waals surface area contributed by atoms with Crippen molar-refractivity contribution in [3.63, 3.8) is 0 Å². The van der Waals surface area contributed by atoms with E-state index in [0.717, 1.165) is 38.5 Å². The maximum absolute atomic E-state index is 6.01. The molecule has 1 aromatic rings. The number of ether oxygens (including phenoxy) is 3. The van der Waals surface area contributed by atoms with Crippen LogP contribution in [0.15, 0.2) is 18.2 Å². The SMILES string of the molecule is Cc1cc(OCCN2CCCCC2C2OCCO2)ccc1C(C)C. The molecule has 1 atom stereocenters. The molecule has 4 heteroatoms. The van der Waals surface area contributed by atoms with E-state index in [2.05, 4.69) is 43.9 Å². The molecule has 0 bridgehead atoms.